The van der Waals surface area contributed by atoms with Gasteiger partial charge < -0.3 is 30.4 Å². The molecule has 0 rings (SSSR count). The fourth-order valence-electron chi connectivity index (χ4n) is 3.48. The zero-order chi connectivity index (χ0) is 27.4. The lowest BCUT2D eigenvalue weighted by Crippen LogP contribution is -2.45. The number of rotatable bonds is 21. The fraction of sp³-hybridized carbons (Fsp3) is 0.846. The molecule has 4 N–H and O–H groups in total. The van der Waals surface area contributed by atoms with Crippen LogP contribution < -0.4 is 11.1 Å². The van der Waals surface area contributed by atoms with Crippen molar-refractivity contribution in [2.24, 2.45) is 5.73 Å². The molecule has 10 nitrogen and oxygen atoms in total. The van der Waals surface area contributed by atoms with Gasteiger partial charge in [-0.25, -0.2) is 9.59 Å². The van der Waals surface area contributed by atoms with E-state index in [1.165, 1.54) is 38.5 Å². The third kappa shape index (κ3) is 21.0. The number of carbonyl (C=O) groups is 4. The Morgan fingerprint density at radius 1 is 0.889 bits per heavy atom. The van der Waals surface area contributed by atoms with Crippen LogP contribution in [0.5, 0.6) is 0 Å². The van der Waals surface area contributed by atoms with E-state index >= 15 is 0 Å². The second-order valence-corrected chi connectivity index (χ2v) is 10.1. The van der Waals surface area contributed by atoms with Gasteiger partial charge in [0.2, 0.25) is 5.91 Å². The van der Waals surface area contributed by atoms with Crippen LogP contribution >= 0.6 is 0 Å². The molecule has 0 aliphatic heterocycles. The average Bonchev–Trinajstić information content (AvgIpc) is 2.74. The molecule has 0 spiro atoms. The summed E-state index contributed by atoms with van der Waals surface area (Å²) in [5, 5.41) is 11.3. The molecule has 36 heavy (non-hydrogen) atoms. The van der Waals surface area contributed by atoms with E-state index in [1.54, 1.807) is 20.8 Å². The summed E-state index contributed by atoms with van der Waals surface area (Å²) in [6.07, 6.45) is 8.05. The lowest BCUT2D eigenvalue weighted by atomic mass is 10.1. The minimum atomic E-state index is -1.12. The van der Waals surface area contributed by atoms with E-state index in [4.69, 9.17) is 25.1 Å². The van der Waals surface area contributed by atoms with Crippen molar-refractivity contribution >= 4 is 23.9 Å². The van der Waals surface area contributed by atoms with Gasteiger partial charge in [0.15, 0.2) is 0 Å². The second-order valence-electron chi connectivity index (χ2n) is 10.1. The molecular formula is C26H48N2O8. The molecule has 0 saturated heterocycles. The highest BCUT2D eigenvalue weighted by Gasteiger charge is 2.28. The van der Waals surface area contributed by atoms with Gasteiger partial charge >= 0.3 is 18.0 Å². The maximum absolute atomic E-state index is 12.8. The smallest absolute Gasteiger partial charge is 0.408 e. The van der Waals surface area contributed by atoms with E-state index < -0.39 is 41.7 Å². The fourth-order valence-corrected chi connectivity index (χ4v) is 3.48. The van der Waals surface area contributed by atoms with Crippen molar-refractivity contribution in [1.82, 2.24) is 5.32 Å². The van der Waals surface area contributed by atoms with Crippen molar-refractivity contribution < 1.29 is 38.5 Å². The first-order valence-electron chi connectivity index (χ1n) is 13.2. The largest absolute Gasteiger partial charge is 0.481 e. The van der Waals surface area contributed by atoms with Gasteiger partial charge in [-0.3, -0.25) is 9.59 Å². The van der Waals surface area contributed by atoms with Gasteiger partial charge in [0.25, 0.3) is 0 Å². The topological polar surface area (TPSA) is 154 Å². The van der Waals surface area contributed by atoms with E-state index in [0.29, 0.717) is 13.2 Å². The minimum absolute atomic E-state index is 0.0443. The van der Waals surface area contributed by atoms with Gasteiger partial charge in [0.1, 0.15) is 17.7 Å². The number of nitrogens with two attached hydrogens (primary N) is 1. The van der Waals surface area contributed by atoms with E-state index in [-0.39, 0.29) is 32.1 Å². The Bertz CT molecular complexity index is 648. The first-order chi connectivity index (χ1) is 16.9. The third-order valence-corrected chi connectivity index (χ3v) is 5.30. The molecule has 0 aromatic rings. The van der Waals surface area contributed by atoms with Gasteiger partial charge in [0.05, 0.1) is 13.0 Å². The number of amides is 2. The van der Waals surface area contributed by atoms with Crippen LogP contribution in [0.2, 0.25) is 0 Å². The number of carboxylic acid groups (broad SMARTS) is 1. The summed E-state index contributed by atoms with van der Waals surface area (Å²) in [5.74, 6) is -2.42. The molecule has 0 aromatic heterocycles. The Labute approximate surface area is 216 Å². The maximum atomic E-state index is 12.8. The number of primary amides is 1. The minimum Gasteiger partial charge on any atom is -0.481 e. The van der Waals surface area contributed by atoms with Crippen LogP contribution in [-0.2, 0) is 28.6 Å². The summed E-state index contributed by atoms with van der Waals surface area (Å²) in [6.45, 7) is 8.13. The highest BCUT2D eigenvalue weighted by atomic mass is 16.6. The summed E-state index contributed by atoms with van der Waals surface area (Å²) in [5.41, 5.74) is 4.53. The molecule has 0 aliphatic rings. The molecule has 0 radical (unpaired) electrons. The quantitative estimate of drug-likeness (QED) is 0.149. The van der Waals surface area contributed by atoms with Crippen LogP contribution in [0, 0.1) is 0 Å². The lowest BCUT2D eigenvalue weighted by molar-refractivity contribution is -0.154. The number of nitrogens with one attached hydrogen (secondary N) is 1. The first kappa shape index (κ1) is 33.6. The molecule has 0 aromatic carbocycles. The number of aliphatic carboxylic acids is 1. The van der Waals surface area contributed by atoms with Crippen molar-refractivity contribution in [3.63, 3.8) is 0 Å². The van der Waals surface area contributed by atoms with Gasteiger partial charge in [-0.1, -0.05) is 51.9 Å². The second kappa shape index (κ2) is 19.8. The summed E-state index contributed by atoms with van der Waals surface area (Å²) in [6, 6.07) is -1.12. The molecule has 10 heteroatoms. The predicted octanol–water partition coefficient (Wildman–Crippen LogP) is 4.47. The van der Waals surface area contributed by atoms with Crippen molar-refractivity contribution in [2.45, 2.75) is 129 Å². The van der Waals surface area contributed by atoms with Crippen LogP contribution in [-0.4, -0.2) is 60.0 Å². The van der Waals surface area contributed by atoms with E-state index in [9.17, 15) is 19.2 Å². The molecule has 210 valence electrons. The monoisotopic (exact) mass is 516 g/mol. The van der Waals surface area contributed by atoms with Crippen molar-refractivity contribution in [1.29, 1.82) is 0 Å². The average molecular weight is 517 g/mol. The molecule has 0 saturated carbocycles. The molecule has 0 fully saturated rings. The highest BCUT2D eigenvalue weighted by molar-refractivity contribution is 5.82. The molecule has 2 atom stereocenters. The van der Waals surface area contributed by atoms with Gasteiger partial charge in [-0.15, -0.1) is 0 Å². The summed E-state index contributed by atoms with van der Waals surface area (Å²) in [7, 11) is 0. The Morgan fingerprint density at radius 3 is 2.06 bits per heavy atom. The van der Waals surface area contributed by atoms with Crippen LogP contribution in [0.3, 0.4) is 0 Å². The normalized spacial score (nSPS) is 13.0. The van der Waals surface area contributed by atoms with Crippen molar-refractivity contribution in [2.75, 3.05) is 13.2 Å². The summed E-state index contributed by atoms with van der Waals surface area (Å²) in [4.78, 5) is 47.3. The predicted molar refractivity (Wildman–Crippen MR) is 136 cm³/mol. The van der Waals surface area contributed by atoms with Crippen molar-refractivity contribution in [3.8, 4) is 0 Å². The lowest BCUT2D eigenvalue weighted by Gasteiger charge is -2.24. The van der Waals surface area contributed by atoms with Crippen LogP contribution in [0.15, 0.2) is 0 Å². The molecule has 0 aliphatic carbocycles. The standard InChI is InChI=1S/C26H48N2O8/c1-5-6-7-8-9-10-11-12-17-34-18-16-20(19-22(27)29)35-24(32)21(14-13-15-23(30)31)28-25(33)36-26(2,3)4/h20-21H,5-19H2,1-4H3,(H2,27,29)(H,28,33)(H,30,31)/t20-,21-/m0/s1. The number of alkyl carbamates (subject to hydrolysis) is 1. The zero-order valence-electron chi connectivity index (χ0n) is 22.6. The first-order valence-corrected chi connectivity index (χ1v) is 13.2. The van der Waals surface area contributed by atoms with Crippen LogP contribution in [0.4, 0.5) is 4.79 Å². The highest BCUT2D eigenvalue weighted by Crippen LogP contribution is 2.13. The Balaban J connectivity index is 4.64. The number of hydrogen-bond acceptors (Lipinski definition) is 7. The summed E-state index contributed by atoms with van der Waals surface area (Å²) < 4.78 is 16.3. The SMILES string of the molecule is CCCCCCCCCCOCC[C@@H](CC(N)=O)OC(=O)[C@H](CCCC(=O)O)NC(=O)OC(C)(C)C. The number of esters is 1. The third-order valence-electron chi connectivity index (χ3n) is 5.30. The Kier molecular flexibility index (Phi) is 18.5. The van der Waals surface area contributed by atoms with E-state index in [0.717, 1.165) is 12.8 Å². The van der Waals surface area contributed by atoms with Gasteiger partial charge in [-0.05, 0) is 40.0 Å². The number of unbranched alkanes of at least 4 members (excludes halogenated alkanes) is 7. The number of carboxylic acids is 1. The van der Waals surface area contributed by atoms with E-state index in [2.05, 4.69) is 12.2 Å². The molecule has 0 bridgehead atoms. The molecule has 2 amide bonds. The molecule has 0 unspecified atom stereocenters. The van der Waals surface area contributed by atoms with Gasteiger partial charge in [0, 0.05) is 19.4 Å². The number of ether oxygens (including phenoxy) is 3. The summed E-state index contributed by atoms with van der Waals surface area (Å²) >= 11 is 0. The van der Waals surface area contributed by atoms with Crippen LogP contribution in [0.25, 0.3) is 0 Å². The van der Waals surface area contributed by atoms with Crippen molar-refractivity contribution in [3.05, 3.63) is 0 Å². The van der Waals surface area contributed by atoms with E-state index in [1.807, 2.05) is 0 Å². The molecule has 0 heterocycles. The number of hydrogen-bond donors (Lipinski definition) is 3. The molecular weight excluding hydrogens is 468 g/mol. The van der Waals surface area contributed by atoms with Crippen LogP contribution in [0.1, 0.15) is 111 Å². The maximum Gasteiger partial charge on any atom is 0.408 e. The number of carbonyl (C=O) groups excluding carboxylic acids is 3. The zero-order valence-corrected chi connectivity index (χ0v) is 22.6. The Morgan fingerprint density at radius 2 is 1.50 bits per heavy atom. The van der Waals surface area contributed by atoms with Gasteiger partial charge in [-0.2, -0.15) is 0 Å². The Hall–Kier alpha value is -2.36.